The highest BCUT2D eigenvalue weighted by molar-refractivity contribution is 5.81. The van der Waals surface area contributed by atoms with Crippen molar-refractivity contribution in [3.05, 3.63) is 29.1 Å². The third-order valence-corrected chi connectivity index (χ3v) is 4.41. The highest BCUT2D eigenvalue weighted by Crippen LogP contribution is 2.30. The van der Waals surface area contributed by atoms with Crippen molar-refractivity contribution in [2.24, 2.45) is 10.9 Å². The summed E-state index contributed by atoms with van der Waals surface area (Å²) in [6, 6.07) is 2.94. The van der Waals surface area contributed by atoms with E-state index >= 15 is 0 Å². The molecule has 1 aromatic carbocycles. The lowest BCUT2D eigenvalue weighted by atomic mass is 10.1. The van der Waals surface area contributed by atoms with Gasteiger partial charge in [-0.15, -0.1) is 0 Å². The smallest absolute Gasteiger partial charge is 0.223 e. The maximum Gasteiger partial charge on any atom is 0.223 e. The molecular weight excluding hydrogens is 351 g/mol. The molecular formula is C19H27FN4O3. The number of ether oxygens (including phenoxy) is 2. The average molecular weight is 378 g/mol. The third kappa shape index (κ3) is 5.82. The topological polar surface area (TPSA) is 84.0 Å². The molecule has 3 N–H and O–H groups in total. The number of carbonyl (C=O) groups excluding carboxylic acids is 1. The Morgan fingerprint density at radius 2 is 2.07 bits per heavy atom. The Morgan fingerprint density at radius 1 is 1.26 bits per heavy atom. The van der Waals surface area contributed by atoms with Gasteiger partial charge in [-0.3, -0.25) is 9.79 Å². The first-order valence-corrected chi connectivity index (χ1v) is 9.49. The van der Waals surface area contributed by atoms with Gasteiger partial charge in [-0.05, 0) is 43.9 Å². The van der Waals surface area contributed by atoms with Crippen LogP contribution in [0.5, 0.6) is 5.75 Å². The quantitative estimate of drug-likeness (QED) is 0.361. The van der Waals surface area contributed by atoms with Crippen molar-refractivity contribution in [2.75, 3.05) is 33.0 Å². The molecule has 0 saturated heterocycles. The number of carbonyl (C=O) groups is 1. The van der Waals surface area contributed by atoms with Crippen LogP contribution in [0.1, 0.15) is 30.9 Å². The van der Waals surface area contributed by atoms with E-state index in [0.717, 1.165) is 30.5 Å². The second kappa shape index (κ2) is 9.55. The van der Waals surface area contributed by atoms with Crippen LogP contribution < -0.4 is 20.7 Å². The number of fused-ring (bicyclic) bond motifs is 1. The van der Waals surface area contributed by atoms with Crippen molar-refractivity contribution in [2.45, 2.75) is 32.8 Å². The van der Waals surface area contributed by atoms with Crippen molar-refractivity contribution in [3.8, 4) is 5.75 Å². The number of amides is 1. The van der Waals surface area contributed by atoms with Crippen LogP contribution in [0.2, 0.25) is 0 Å². The maximum atomic E-state index is 13.8. The summed E-state index contributed by atoms with van der Waals surface area (Å²) in [6.45, 7) is 4.92. The van der Waals surface area contributed by atoms with Crippen LogP contribution in [0.3, 0.4) is 0 Å². The van der Waals surface area contributed by atoms with Crippen LogP contribution in [-0.4, -0.2) is 44.8 Å². The second-order valence-corrected chi connectivity index (χ2v) is 6.67. The summed E-state index contributed by atoms with van der Waals surface area (Å²) in [5.74, 6) is 1.44. The van der Waals surface area contributed by atoms with Gasteiger partial charge in [-0.2, -0.15) is 0 Å². The minimum atomic E-state index is -0.293. The van der Waals surface area contributed by atoms with Crippen molar-refractivity contribution in [1.82, 2.24) is 16.0 Å². The number of aliphatic imine (C=N–C) groups is 1. The molecule has 0 aromatic heterocycles. The zero-order chi connectivity index (χ0) is 19.1. The summed E-state index contributed by atoms with van der Waals surface area (Å²) in [7, 11) is 0. The molecule has 27 heavy (non-hydrogen) atoms. The van der Waals surface area contributed by atoms with E-state index in [1.54, 1.807) is 0 Å². The molecule has 2 aliphatic rings. The lowest BCUT2D eigenvalue weighted by molar-refractivity contribution is -0.122. The first kappa shape index (κ1) is 19.4. The number of hydrogen-bond donors (Lipinski definition) is 3. The molecule has 1 aromatic rings. The molecule has 0 spiro atoms. The Morgan fingerprint density at radius 3 is 2.85 bits per heavy atom. The van der Waals surface area contributed by atoms with E-state index in [1.807, 2.05) is 6.92 Å². The van der Waals surface area contributed by atoms with Gasteiger partial charge >= 0.3 is 0 Å². The van der Waals surface area contributed by atoms with E-state index in [0.29, 0.717) is 44.4 Å². The lowest BCUT2D eigenvalue weighted by Crippen LogP contribution is -2.41. The first-order valence-electron chi connectivity index (χ1n) is 9.49. The van der Waals surface area contributed by atoms with Crippen LogP contribution in [-0.2, 0) is 22.6 Å². The molecule has 1 aliphatic heterocycles. The Hall–Kier alpha value is -2.35. The van der Waals surface area contributed by atoms with Gasteiger partial charge < -0.3 is 25.4 Å². The fourth-order valence-electron chi connectivity index (χ4n) is 2.93. The lowest BCUT2D eigenvalue weighted by Gasteiger charge is -2.20. The number of nitrogens with zero attached hydrogens (tertiary/aromatic N) is 1. The summed E-state index contributed by atoms with van der Waals surface area (Å²) in [5, 5.41) is 9.27. The first-order chi connectivity index (χ1) is 13.2. The molecule has 7 nitrogen and oxygen atoms in total. The Kier molecular flexibility index (Phi) is 6.86. The fourth-order valence-corrected chi connectivity index (χ4v) is 2.93. The summed E-state index contributed by atoms with van der Waals surface area (Å²) in [6.07, 6.45) is 2.57. The largest absolute Gasteiger partial charge is 0.467 e. The molecule has 3 rings (SSSR count). The molecule has 0 unspecified atom stereocenters. The van der Waals surface area contributed by atoms with Crippen molar-refractivity contribution in [3.63, 3.8) is 0 Å². The fraction of sp³-hybridized carbons (Fsp3) is 0.579. The summed E-state index contributed by atoms with van der Waals surface area (Å²) >= 11 is 0. The SMILES string of the molecule is CCNC(=NCCc1cc(F)cc2c1OCOC2)NCCNC(=O)C1CC1. The van der Waals surface area contributed by atoms with Gasteiger partial charge in [0.05, 0.1) is 6.61 Å². The standard InChI is InChI=1S/C19H27FN4O3/c1-2-21-19(24-8-7-22-18(25)13-3-4-13)23-6-5-14-9-16(20)10-15-11-26-12-27-17(14)15/h9-10,13H,2-8,11-12H2,1H3,(H,22,25)(H2,21,23,24). The molecule has 1 fully saturated rings. The number of rotatable bonds is 8. The van der Waals surface area contributed by atoms with Gasteiger partial charge in [-0.25, -0.2) is 4.39 Å². The minimum Gasteiger partial charge on any atom is -0.467 e. The molecule has 148 valence electrons. The van der Waals surface area contributed by atoms with E-state index < -0.39 is 0 Å². The summed E-state index contributed by atoms with van der Waals surface area (Å²) < 4.78 is 24.5. The van der Waals surface area contributed by atoms with Gasteiger partial charge in [0.1, 0.15) is 11.6 Å². The van der Waals surface area contributed by atoms with Crippen LogP contribution in [0, 0.1) is 11.7 Å². The highest BCUT2D eigenvalue weighted by atomic mass is 19.1. The molecule has 0 bridgehead atoms. The predicted molar refractivity (Wildman–Crippen MR) is 100 cm³/mol. The van der Waals surface area contributed by atoms with E-state index in [4.69, 9.17) is 9.47 Å². The van der Waals surface area contributed by atoms with Gasteiger partial charge in [-0.1, -0.05) is 0 Å². The number of nitrogens with one attached hydrogen (secondary N) is 3. The van der Waals surface area contributed by atoms with Gasteiger partial charge in [0.2, 0.25) is 5.91 Å². The molecule has 8 heteroatoms. The third-order valence-electron chi connectivity index (χ3n) is 4.41. The monoisotopic (exact) mass is 378 g/mol. The van der Waals surface area contributed by atoms with Gasteiger partial charge in [0.15, 0.2) is 12.8 Å². The van der Waals surface area contributed by atoms with Gasteiger partial charge in [0, 0.05) is 37.7 Å². The van der Waals surface area contributed by atoms with Gasteiger partial charge in [0.25, 0.3) is 0 Å². The van der Waals surface area contributed by atoms with E-state index in [-0.39, 0.29) is 24.4 Å². The van der Waals surface area contributed by atoms with Crippen molar-refractivity contribution >= 4 is 11.9 Å². The average Bonchev–Trinajstić information content (AvgIpc) is 3.50. The number of benzene rings is 1. The van der Waals surface area contributed by atoms with E-state index in [2.05, 4.69) is 20.9 Å². The Labute approximate surface area is 158 Å². The second-order valence-electron chi connectivity index (χ2n) is 6.67. The minimum absolute atomic E-state index is 0.138. The van der Waals surface area contributed by atoms with Crippen molar-refractivity contribution < 1.29 is 18.7 Å². The number of guanidine groups is 1. The Bertz CT molecular complexity index is 692. The highest BCUT2D eigenvalue weighted by Gasteiger charge is 2.28. The predicted octanol–water partition coefficient (Wildman–Crippen LogP) is 1.32. The van der Waals surface area contributed by atoms with Crippen LogP contribution in [0.25, 0.3) is 0 Å². The summed E-state index contributed by atoms with van der Waals surface area (Å²) in [5.41, 5.74) is 1.53. The molecule has 1 amide bonds. The zero-order valence-corrected chi connectivity index (χ0v) is 15.6. The number of halogens is 1. The molecule has 1 aliphatic carbocycles. The zero-order valence-electron chi connectivity index (χ0n) is 15.6. The molecule has 0 atom stereocenters. The van der Waals surface area contributed by atoms with Crippen LogP contribution >= 0.6 is 0 Å². The van der Waals surface area contributed by atoms with Crippen LogP contribution in [0.15, 0.2) is 17.1 Å². The summed E-state index contributed by atoms with van der Waals surface area (Å²) in [4.78, 5) is 16.1. The van der Waals surface area contributed by atoms with Crippen molar-refractivity contribution in [1.29, 1.82) is 0 Å². The normalized spacial score (nSPS) is 16.3. The van der Waals surface area contributed by atoms with Crippen LogP contribution in [0.4, 0.5) is 4.39 Å². The van der Waals surface area contributed by atoms with E-state index in [9.17, 15) is 9.18 Å². The maximum absolute atomic E-state index is 13.8. The number of hydrogen-bond acceptors (Lipinski definition) is 4. The van der Waals surface area contributed by atoms with E-state index in [1.165, 1.54) is 12.1 Å². The molecule has 0 radical (unpaired) electrons. The molecule has 1 saturated carbocycles. The Balaban J connectivity index is 1.49. The molecule has 1 heterocycles.